The van der Waals surface area contributed by atoms with Gasteiger partial charge in [0, 0.05) is 22.9 Å². The average molecular weight is 243 g/mol. The molecule has 4 nitrogen and oxygen atoms in total. The number of aliphatic hydroxyl groups excluding tert-OH is 1. The third-order valence-electron chi connectivity index (χ3n) is 2.65. The van der Waals surface area contributed by atoms with E-state index in [2.05, 4.69) is 4.98 Å². The number of ether oxygens (including phenoxy) is 1. The SMILES string of the molecule is COc1ncc(-c2cccc(C=O)c2)cc1CO. The van der Waals surface area contributed by atoms with E-state index in [1.807, 2.05) is 12.1 Å². The van der Waals surface area contributed by atoms with Gasteiger partial charge in [0.05, 0.1) is 13.7 Å². The Kier molecular flexibility index (Phi) is 3.69. The molecule has 0 unspecified atom stereocenters. The minimum absolute atomic E-state index is 0.141. The lowest BCUT2D eigenvalue weighted by Gasteiger charge is -2.08. The van der Waals surface area contributed by atoms with Crippen molar-refractivity contribution in [3.63, 3.8) is 0 Å². The average Bonchev–Trinajstić information content (AvgIpc) is 2.46. The zero-order chi connectivity index (χ0) is 13.0. The number of benzene rings is 1. The van der Waals surface area contributed by atoms with E-state index in [1.54, 1.807) is 24.4 Å². The van der Waals surface area contributed by atoms with Gasteiger partial charge in [-0.25, -0.2) is 4.98 Å². The molecule has 0 saturated heterocycles. The van der Waals surface area contributed by atoms with Gasteiger partial charge in [0.15, 0.2) is 0 Å². The van der Waals surface area contributed by atoms with Crippen LogP contribution in [0.25, 0.3) is 11.1 Å². The number of carbonyl (C=O) groups is 1. The summed E-state index contributed by atoms with van der Waals surface area (Å²) in [6.07, 6.45) is 2.45. The lowest BCUT2D eigenvalue weighted by Crippen LogP contribution is -1.96. The maximum atomic E-state index is 10.7. The van der Waals surface area contributed by atoms with Gasteiger partial charge >= 0.3 is 0 Å². The first-order chi connectivity index (χ1) is 8.78. The Morgan fingerprint density at radius 1 is 1.33 bits per heavy atom. The molecule has 18 heavy (non-hydrogen) atoms. The van der Waals surface area contributed by atoms with Crippen LogP contribution in [0.5, 0.6) is 5.88 Å². The van der Waals surface area contributed by atoms with Crippen molar-refractivity contribution in [3.05, 3.63) is 47.7 Å². The maximum Gasteiger partial charge on any atom is 0.218 e. The van der Waals surface area contributed by atoms with E-state index in [0.717, 1.165) is 17.4 Å². The van der Waals surface area contributed by atoms with Crippen LogP contribution in [0, 0.1) is 0 Å². The molecular weight excluding hydrogens is 230 g/mol. The molecule has 0 amide bonds. The fourth-order valence-electron chi connectivity index (χ4n) is 1.74. The van der Waals surface area contributed by atoms with Crippen molar-refractivity contribution in [3.8, 4) is 17.0 Å². The molecule has 92 valence electrons. The molecular formula is C14H13NO3. The number of hydrogen-bond donors (Lipinski definition) is 1. The van der Waals surface area contributed by atoms with Crippen LogP contribution >= 0.6 is 0 Å². The Bertz CT molecular complexity index is 567. The van der Waals surface area contributed by atoms with Gasteiger partial charge in [-0.3, -0.25) is 4.79 Å². The van der Waals surface area contributed by atoms with E-state index in [0.29, 0.717) is 17.0 Å². The number of rotatable bonds is 4. The summed E-state index contributed by atoms with van der Waals surface area (Å²) >= 11 is 0. The second-order valence-electron chi connectivity index (χ2n) is 3.79. The molecule has 1 aromatic heterocycles. The maximum absolute atomic E-state index is 10.7. The van der Waals surface area contributed by atoms with E-state index in [-0.39, 0.29) is 6.61 Å². The number of aldehydes is 1. The van der Waals surface area contributed by atoms with Crippen molar-refractivity contribution in [1.82, 2.24) is 4.98 Å². The third-order valence-corrected chi connectivity index (χ3v) is 2.65. The summed E-state index contributed by atoms with van der Waals surface area (Å²) < 4.78 is 5.04. The molecule has 0 aliphatic heterocycles. The van der Waals surface area contributed by atoms with Crippen LogP contribution in [0.2, 0.25) is 0 Å². The lowest BCUT2D eigenvalue weighted by molar-refractivity contribution is 0.112. The van der Waals surface area contributed by atoms with Crippen molar-refractivity contribution in [1.29, 1.82) is 0 Å². The quantitative estimate of drug-likeness (QED) is 0.835. The molecule has 0 spiro atoms. The van der Waals surface area contributed by atoms with E-state index < -0.39 is 0 Å². The van der Waals surface area contributed by atoms with Gasteiger partial charge in [-0.15, -0.1) is 0 Å². The van der Waals surface area contributed by atoms with Gasteiger partial charge in [-0.1, -0.05) is 18.2 Å². The number of aromatic nitrogens is 1. The number of carbonyl (C=O) groups excluding carboxylic acids is 1. The third kappa shape index (κ3) is 2.38. The number of nitrogens with zero attached hydrogens (tertiary/aromatic N) is 1. The van der Waals surface area contributed by atoms with Crippen molar-refractivity contribution in [2.75, 3.05) is 7.11 Å². The van der Waals surface area contributed by atoms with E-state index >= 15 is 0 Å². The van der Waals surface area contributed by atoms with Gasteiger partial charge in [-0.05, 0) is 17.7 Å². The second-order valence-corrected chi connectivity index (χ2v) is 3.79. The molecule has 0 fully saturated rings. The van der Waals surface area contributed by atoms with Gasteiger partial charge < -0.3 is 9.84 Å². The largest absolute Gasteiger partial charge is 0.481 e. The fraction of sp³-hybridized carbons (Fsp3) is 0.143. The molecule has 0 radical (unpaired) electrons. The molecule has 1 heterocycles. The number of pyridine rings is 1. The van der Waals surface area contributed by atoms with E-state index in [4.69, 9.17) is 4.74 Å². The Morgan fingerprint density at radius 2 is 2.17 bits per heavy atom. The van der Waals surface area contributed by atoms with Crippen molar-refractivity contribution in [2.45, 2.75) is 6.61 Å². The van der Waals surface area contributed by atoms with Crippen LogP contribution in [-0.4, -0.2) is 23.5 Å². The van der Waals surface area contributed by atoms with Crippen LogP contribution in [0.1, 0.15) is 15.9 Å². The predicted octanol–water partition coefficient (Wildman–Crippen LogP) is 2.06. The summed E-state index contributed by atoms with van der Waals surface area (Å²) in [5.74, 6) is 0.410. The summed E-state index contributed by atoms with van der Waals surface area (Å²) in [5.41, 5.74) is 2.94. The highest BCUT2D eigenvalue weighted by Crippen LogP contribution is 2.24. The molecule has 1 N–H and O–H groups in total. The molecule has 2 rings (SSSR count). The monoisotopic (exact) mass is 243 g/mol. The molecule has 0 aliphatic rings. The topological polar surface area (TPSA) is 59.4 Å². The van der Waals surface area contributed by atoms with Crippen LogP contribution in [0.4, 0.5) is 0 Å². The first kappa shape index (κ1) is 12.3. The Balaban J connectivity index is 2.47. The Hall–Kier alpha value is -2.20. The molecule has 0 aliphatic carbocycles. The van der Waals surface area contributed by atoms with E-state index in [9.17, 15) is 9.90 Å². The van der Waals surface area contributed by atoms with Gasteiger partial charge in [-0.2, -0.15) is 0 Å². The summed E-state index contributed by atoms with van der Waals surface area (Å²) in [6, 6.07) is 9.01. The summed E-state index contributed by atoms with van der Waals surface area (Å²) in [6.45, 7) is -0.141. The summed E-state index contributed by atoms with van der Waals surface area (Å²) in [7, 11) is 1.51. The molecule has 2 aromatic rings. The van der Waals surface area contributed by atoms with Crippen LogP contribution in [0.3, 0.4) is 0 Å². The smallest absolute Gasteiger partial charge is 0.218 e. The van der Waals surface area contributed by atoms with Crippen LogP contribution < -0.4 is 4.74 Å². The van der Waals surface area contributed by atoms with Gasteiger partial charge in [0.2, 0.25) is 5.88 Å². The standard InChI is InChI=1S/C14H13NO3/c1-18-14-13(9-17)6-12(7-15-14)11-4-2-3-10(5-11)8-16/h2-8,17H,9H2,1H3. The van der Waals surface area contributed by atoms with Crippen LogP contribution in [0.15, 0.2) is 36.5 Å². The second kappa shape index (κ2) is 5.42. The number of methoxy groups -OCH3 is 1. The normalized spacial score (nSPS) is 10.1. The minimum atomic E-state index is -0.141. The molecule has 1 aromatic carbocycles. The fourth-order valence-corrected chi connectivity index (χ4v) is 1.74. The van der Waals surface area contributed by atoms with Crippen molar-refractivity contribution < 1.29 is 14.6 Å². The van der Waals surface area contributed by atoms with Crippen molar-refractivity contribution in [2.24, 2.45) is 0 Å². The highest BCUT2D eigenvalue weighted by molar-refractivity contribution is 5.78. The molecule has 0 bridgehead atoms. The first-order valence-electron chi connectivity index (χ1n) is 5.48. The molecule has 0 atom stereocenters. The summed E-state index contributed by atoms with van der Waals surface area (Å²) in [4.78, 5) is 14.9. The first-order valence-corrected chi connectivity index (χ1v) is 5.48. The van der Waals surface area contributed by atoms with Gasteiger partial charge in [0.25, 0.3) is 0 Å². The molecule has 4 heteroatoms. The highest BCUT2D eigenvalue weighted by Gasteiger charge is 2.06. The molecule has 0 saturated carbocycles. The Morgan fingerprint density at radius 3 is 2.83 bits per heavy atom. The van der Waals surface area contributed by atoms with Gasteiger partial charge in [0.1, 0.15) is 6.29 Å². The number of hydrogen-bond acceptors (Lipinski definition) is 4. The minimum Gasteiger partial charge on any atom is -0.481 e. The highest BCUT2D eigenvalue weighted by atomic mass is 16.5. The Labute approximate surface area is 105 Å². The zero-order valence-corrected chi connectivity index (χ0v) is 9.96. The summed E-state index contributed by atoms with van der Waals surface area (Å²) in [5, 5.41) is 9.25. The zero-order valence-electron chi connectivity index (χ0n) is 9.96. The van der Waals surface area contributed by atoms with Crippen LogP contribution in [-0.2, 0) is 6.61 Å². The van der Waals surface area contributed by atoms with E-state index in [1.165, 1.54) is 7.11 Å². The van der Waals surface area contributed by atoms with Crippen molar-refractivity contribution >= 4 is 6.29 Å². The lowest BCUT2D eigenvalue weighted by atomic mass is 10.0. The number of aliphatic hydroxyl groups is 1. The predicted molar refractivity (Wildman–Crippen MR) is 67.5 cm³/mol.